The Kier molecular flexibility index (Phi) is 16.4. The second kappa shape index (κ2) is 20.7. The monoisotopic (exact) mass is 721 g/mol. The molecular formula is C35H44ClNO9S2. The second-order valence-corrected chi connectivity index (χ2v) is 14.3. The molecule has 0 amide bonds. The number of hydrogen-bond donors (Lipinski definition) is 0. The molecule has 4 rings (SSSR count). The van der Waals surface area contributed by atoms with E-state index >= 15 is 0 Å². The number of unbranched alkanes of at least 4 members (excludes halogenated alkanes) is 1. The Labute approximate surface area is 294 Å². The Bertz CT molecular complexity index is 1470. The largest absolute Gasteiger partial charge is 0.497 e. The van der Waals surface area contributed by atoms with Gasteiger partial charge >= 0.3 is 11.9 Å². The van der Waals surface area contributed by atoms with Gasteiger partial charge in [0.15, 0.2) is 0 Å². The fourth-order valence-corrected chi connectivity index (χ4v) is 8.39. The molecule has 0 spiro atoms. The molecule has 0 bridgehead atoms. The molecule has 1 unspecified atom stereocenters. The average molecular weight is 722 g/mol. The molecule has 1 aliphatic rings. The molecule has 13 heteroatoms. The van der Waals surface area contributed by atoms with Crippen molar-refractivity contribution in [3.05, 3.63) is 64.3 Å². The van der Waals surface area contributed by atoms with Gasteiger partial charge in [0.05, 0.1) is 58.7 Å². The van der Waals surface area contributed by atoms with Gasteiger partial charge in [-0.1, -0.05) is 39.6 Å². The third-order valence-corrected chi connectivity index (χ3v) is 11.0. The molecule has 48 heavy (non-hydrogen) atoms. The molecular weight excluding hydrogens is 678 g/mol. The van der Waals surface area contributed by atoms with Crippen LogP contribution in [0.15, 0.2) is 42.5 Å². The maximum atomic E-state index is 13.5. The van der Waals surface area contributed by atoms with Gasteiger partial charge in [-0.25, -0.2) is 0 Å². The maximum Gasteiger partial charge on any atom is 0.310 e. The summed E-state index contributed by atoms with van der Waals surface area (Å²) in [7, 11) is 5.48. The Hall–Kier alpha value is -2.74. The van der Waals surface area contributed by atoms with E-state index in [1.165, 1.54) is 18.6 Å². The van der Waals surface area contributed by atoms with Gasteiger partial charge in [0.25, 0.3) is 5.91 Å². The SMILES string of the molecule is COc1ccc2c(c1)c(CC(=O)OCCOCCOCCOCCOC(=O)CCCCC1CCSS1)c(C)n2C(=O)c1ccc(Cl)cc1. The van der Waals surface area contributed by atoms with E-state index in [9.17, 15) is 14.4 Å². The van der Waals surface area contributed by atoms with E-state index < -0.39 is 5.97 Å². The highest BCUT2D eigenvalue weighted by atomic mass is 35.5. The minimum atomic E-state index is -0.431. The van der Waals surface area contributed by atoms with E-state index in [1.807, 2.05) is 40.6 Å². The van der Waals surface area contributed by atoms with Crippen LogP contribution in [-0.4, -0.2) is 93.4 Å². The molecule has 262 valence electrons. The van der Waals surface area contributed by atoms with E-state index in [0.29, 0.717) is 72.6 Å². The van der Waals surface area contributed by atoms with Gasteiger partial charge in [0.1, 0.15) is 19.0 Å². The van der Waals surface area contributed by atoms with Crippen molar-refractivity contribution in [2.75, 3.05) is 65.7 Å². The highest BCUT2D eigenvalue weighted by Crippen LogP contribution is 2.40. The van der Waals surface area contributed by atoms with Gasteiger partial charge in [0, 0.05) is 39.1 Å². The number of carbonyl (C=O) groups excluding carboxylic acids is 3. The number of aromatic nitrogens is 1. The molecule has 0 aliphatic carbocycles. The third-order valence-electron chi connectivity index (χ3n) is 7.77. The van der Waals surface area contributed by atoms with Crippen LogP contribution in [0.25, 0.3) is 10.9 Å². The van der Waals surface area contributed by atoms with Crippen LogP contribution in [0.1, 0.15) is 53.7 Å². The maximum absolute atomic E-state index is 13.5. The molecule has 0 radical (unpaired) electrons. The summed E-state index contributed by atoms with van der Waals surface area (Å²) in [5.41, 5.74) is 2.48. The third kappa shape index (κ3) is 12.0. The van der Waals surface area contributed by atoms with Crippen molar-refractivity contribution in [2.24, 2.45) is 0 Å². The molecule has 1 fully saturated rings. The van der Waals surface area contributed by atoms with E-state index in [-0.39, 0.29) is 38.1 Å². The normalized spacial score (nSPS) is 14.4. The van der Waals surface area contributed by atoms with Crippen molar-refractivity contribution in [3.8, 4) is 5.75 Å². The molecule has 0 N–H and O–H groups in total. The van der Waals surface area contributed by atoms with Gasteiger partial charge in [-0.3, -0.25) is 19.0 Å². The van der Waals surface area contributed by atoms with Crippen molar-refractivity contribution < 1.29 is 42.8 Å². The van der Waals surface area contributed by atoms with Crippen molar-refractivity contribution in [1.29, 1.82) is 0 Å². The fourth-order valence-electron chi connectivity index (χ4n) is 5.24. The first-order valence-corrected chi connectivity index (χ1v) is 18.9. The van der Waals surface area contributed by atoms with E-state index in [2.05, 4.69) is 0 Å². The van der Waals surface area contributed by atoms with Crippen LogP contribution >= 0.6 is 33.2 Å². The number of fused-ring (bicyclic) bond motifs is 1. The van der Waals surface area contributed by atoms with Gasteiger partial charge in [-0.15, -0.1) is 0 Å². The lowest BCUT2D eigenvalue weighted by Gasteiger charge is -2.09. The Balaban J connectivity index is 1.06. The number of ether oxygens (including phenoxy) is 6. The highest BCUT2D eigenvalue weighted by molar-refractivity contribution is 8.77. The topological polar surface area (TPSA) is 112 Å². The zero-order valence-corrected chi connectivity index (χ0v) is 29.9. The van der Waals surface area contributed by atoms with Gasteiger partial charge in [-0.2, -0.15) is 0 Å². The Morgan fingerprint density at radius 1 is 0.854 bits per heavy atom. The van der Waals surface area contributed by atoms with Crippen LogP contribution in [0.2, 0.25) is 5.02 Å². The van der Waals surface area contributed by atoms with Crippen molar-refractivity contribution in [3.63, 3.8) is 0 Å². The molecule has 2 aromatic carbocycles. The van der Waals surface area contributed by atoms with Crippen LogP contribution < -0.4 is 4.74 Å². The predicted molar refractivity (Wildman–Crippen MR) is 189 cm³/mol. The number of esters is 2. The van der Waals surface area contributed by atoms with E-state index in [4.69, 9.17) is 40.0 Å². The van der Waals surface area contributed by atoms with Crippen molar-refractivity contribution in [2.45, 2.75) is 50.7 Å². The van der Waals surface area contributed by atoms with Gasteiger partial charge in [0.2, 0.25) is 0 Å². The first-order valence-electron chi connectivity index (χ1n) is 16.2. The number of methoxy groups -OCH3 is 1. The quantitative estimate of drug-likeness (QED) is 0.0666. The smallest absolute Gasteiger partial charge is 0.310 e. The number of nitrogens with zero attached hydrogens (tertiary/aromatic N) is 1. The lowest BCUT2D eigenvalue weighted by molar-refractivity contribution is -0.145. The number of halogens is 1. The number of hydrogen-bond acceptors (Lipinski definition) is 11. The Morgan fingerprint density at radius 2 is 1.50 bits per heavy atom. The van der Waals surface area contributed by atoms with Crippen LogP contribution in [0.4, 0.5) is 0 Å². The zero-order chi connectivity index (χ0) is 34.1. The minimum Gasteiger partial charge on any atom is -0.497 e. The average Bonchev–Trinajstić information content (AvgIpc) is 3.70. The summed E-state index contributed by atoms with van der Waals surface area (Å²) in [6.45, 7) is 4.18. The minimum absolute atomic E-state index is 0.0161. The van der Waals surface area contributed by atoms with Crippen LogP contribution in [0.5, 0.6) is 5.75 Å². The van der Waals surface area contributed by atoms with Crippen molar-refractivity contribution >= 4 is 61.9 Å². The number of carbonyl (C=O) groups is 3. The summed E-state index contributed by atoms with van der Waals surface area (Å²) < 4.78 is 34.1. The number of rotatable bonds is 21. The summed E-state index contributed by atoms with van der Waals surface area (Å²) >= 11 is 6.01. The first-order chi connectivity index (χ1) is 23.4. The number of benzene rings is 2. The fraction of sp³-hybridized carbons (Fsp3) is 0.514. The molecule has 0 saturated carbocycles. The van der Waals surface area contributed by atoms with E-state index in [0.717, 1.165) is 23.5 Å². The predicted octanol–water partition coefficient (Wildman–Crippen LogP) is 6.69. The summed E-state index contributed by atoms with van der Waals surface area (Å²) in [5, 5.41) is 2.02. The molecule has 1 saturated heterocycles. The highest BCUT2D eigenvalue weighted by Gasteiger charge is 2.22. The summed E-state index contributed by atoms with van der Waals surface area (Å²) in [5.74, 6) is 1.03. The van der Waals surface area contributed by atoms with Crippen LogP contribution in [0, 0.1) is 6.92 Å². The molecule has 1 atom stereocenters. The molecule has 10 nitrogen and oxygen atoms in total. The summed E-state index contributed by atoms with van der Waals surface area (Å²) in [6, 6.07) is 12.1. The Morgan fingerprint density at radius 3 is 2.12 bits per heavy atom. The lowest BCUT2D eigenvalue weighted by atomic mass is 10.1. The molecule has 2 heterocycles. The van der Waals surface area contributed by atoms with Crippen LogP contribution in [0.3, 0.4) is 0 Å². The zero-order valence-electron chi connectivity index (χ0n) is 27.5. The standard InChI is InChI=1S/C35H44ClNO9S2/c1-25-30(31-23-28(41-2)11-12-32(31)37(25)35(40)26-7-9-27(36)10-8-26)24-34(39)46-21-19-44-17-15-42-14-16-43-18-20-45-33(38)6-4-3-5-29-13-22-47-48-29/h7-12,23,29H,3-6,13-22,24H2,1-2H3. The van der Waals surface area contributed by atoms with E-state index in [1.54, 1.807) is 42.0 Å². The second-order valence-electron chi connectivity index (χ2n) is 11.1. The van der Waals surface area contributed by atoms with Gasteiger partial charge in [-0.05, 0) is 74.2 Å². The molecule has 1 aromatic heterocycles. The van der Waals surface area contributed by atoms with Gasteiger partial charge < -0.3 is 28.4 Å². The summed E-state index contributed by atoms with van der Waals surface area (Å²) in [6.07, 6.45) is 4.83. The van der Waals surface area contributed by atoms with Crippen LogP contribution in [-0.2, 0) is 39.7 Å². The summed E-state index contributed by atoms with van der Waals surface area (Å²) in [4.78, 5) is 38.1. The molecule has 3 aromatic rings. The lowest BCUT2D eigenvalue weighted by Crippen LogP contribution is -2.16. The van der Waals surface area contributed by atoms with Crippen molar-refractivity contribution in [1.82, 2.24) is 4.57 Å². The molecule has 1 aliphatic heterocycles. The first kappa shape index (κ1) is 38.1.